The predicted octanol–water partition coefficient (Wildman–Crippen LogP) is -0.763. The fourth-order valence-electron chi connectivity index (χ4n) is 3.13. The summed E-state index contributed by atoms with van der Waals surface area (Å²) in [6, 6.07) is 0. The number of nitrogens with two attached hydrogens (primary N) is 2. The molecule has 0 bridgehead atoms. The maximum absolute atomic E-state index is 12.5. The first kappa shape index (κ1) is 17.2. The number of fused-ring (bicyclic) bond motifs is 1. The van der Waals surface area contributed by atoms with Gasteiger partial charge in [0.05, 0.1) is 0 Å². The Hall–Kier alpha value is -1.16. The zero-order valence-corrected chi connectivity index (χ0v) is 13.1. The number of carboxylic acids is 1. The van der Waals surface area contributed by atoms with Crippen molar-refractivity contribution in [3.05, 3.63) is 0 Å². The summed E-state index contributed by atoms with van der Waals surface area (Å²) in [5.41, 5.74) is 9.37. The second-order valence-corrected chi connectivity index (χ2v) is 6.29. The smallest absolute Gasteiger partial charge is 0.508 e. The van der Waals surface area contributed by atoms with Crippen LogP contribution in [-0.2, 0) is 18.9 Å². The molecule has 22 heavy (non-hydrogen) atoms. The number of carbonyl (C=O) groups is 2. The van der Waals surface area contributed by atoms with Crippen LogP contribution in [0.5, 0.6) is 0 Å². The van der Waals surface area contributed by atoms with Gasteiger partial charge in [0, 0.05) is 25.6 Å². The summed E-state index contributed by atoms with van der Waals surface area (Å²) in [4.78, 5) is 25.3. The monoisotopic (exact) mass is 313 g/mol. The van der Waals surface area contributed by atoms with Crippen molar-refractivity contribution in [3.63, 3.8) is 0 Å². The Labute approximate surface area is 130 Å². The van der Waals surface area contributed by atoms with Gasteiger partial charge in [0.25, 0.3) is 0 Å². The first-order valence-electron chi connectivity index (χ1n) is 7.60. The fraction of sp³-hybridized carbons (Fsp3) is 0.846. The molecule has 2 heterocycles. The molecule has 2 saturated heterocycles. The minimum Gasteiger partial charge on any atom is -0.508 e. The molecule has 0 aromatic rings. The van der Waals surface area contributed by atoms with E-state index in [1.54, 1.807) is 4.90 Å². The molecule has 8 nitrogen and oxygen atoms in total. The lowest BCUT2D eigenvalue weighted by molar-refractivity contribution is -0.151. The number of carbonyl (C=O) groups excluding carboxylic acids is 1. The van der Waals surface area contributed by atoms with Gasteiger partial charge >= 0.3 is 19.1 Å². The molecule has 2 aliphatic rings. The van der Waals surface area contributed by atoms with Gasteiger partial charge in [-0.25, -0.2) is 4.79 Å². The first-order chi connectivity index (χ1) is 10.2. The summed E-state index contributed by atoms with van der Waals surface area (Å²) in [5.74, 6) is -1.87. The zero-order valence-electron chi connectivity index (χ0n) is 13.1. The molecule has 2 aliphatic heterocycles. The number of likely N-dealkylation sites (tertiary alicyclic amines) is 1. The van der Waals surface area contributed by atoms with Gasteiger partial charge in [0.15, 0.2) is 5.66 Å². The van der Waals surface area contributed by atoms with Crippen LogP contribution in [0.1, 0.15) is 26.7 Å². The number of nitrogens with zero attached hydrogens (tertiary/aromatic N) is 1. The topological polar surface area (TPSA) is 128 Å². The quantitative estimate of drug-likeness (QED) is 0.578. The van der Waals surface area contributed by atoms with E-state index in [0.717, 1.165) is 6.42 Å². The van der Waals surface area contributed by atoms with Crippen LogP contribution in [0.15, 0.2) is 0 Å². The maximum Gasteiger partial charge on any atom is 0.527 e. The highest BCUT2D eigenvalue weighted by molar-refractivity contribution is 6.47. The minimum atomic E-state index is -1.56. The summed E-state index contributed by atoms with van der Waals surface area (Å²) < 4.78 is 10.8. The van der Waals surface area contributed by atoms with Crippen molar-refractivity contribution in [2.24, 2.45) is 17.4 Å². The second kappa shape index (κ2) is 6.15. The van der Waals surface area contributed by atoms with E-state index in [-0.39, 0.29) is 12.5 Å². The number of rotatable bonds is 4. The van der Waals surface area contributed by atoms with Gasteiger partial charge in [0.2, 0.25) is 0 Å². The molecule has 2 rings (SSSR count). The van der Waals surface area contributed by atoms with Gasteiger partial charge in [-0.2, -0.15) is 0 Å². The molecule has 0 aliphatic carbocycles. The predicted molar refractivity (Wildman–Crippen MR) is 79.7 cm³/mol. The summed E-state index contributed by atoms with van der Waals surface area (Å²) in [7, 11) is -0.586. The Morgan fingerprint density at radius 3 is 2.95 bits per heavy atom. The van der Waals surface area contributed by atoms with Crippen LogP contribution < -0.4 is 11.5 Å². The Balaban J connectivity index is 2.19. The van der Waals surface area contributed by atoms with Gasteiger partial charge < -0.3 is 25.9 Å². The number of carboxylic acid groups (broad SMARTS) is 1. The van der Waals surface area contributed by atoms with E-state index in [9.17, 15) is 14.7 Å². The van der Waals surface area contributed by atoms with Crippen LogP contribution >= 0.6 is 0 Å². The number of aliphatic carboxylic acids is 1. The molecule has 0 radical (unpaired) electrons. The van der Waals surface area contributed by atoms with Crippen molar-refractivity contribution < 1.29 is 24.0 Å². The van der Waals surface area contributed by atoms with Crippen molar-refractivity contribution in [1.29, 1.82) is 0 Å². The minimum absolute atomic E-state index is 0.0641. The van der Waals surface area contributed by atoms with Crippen LogP contribution in [-0.4, -0.2) is 60.0 Å². The Morgan fingerprint density at radius 1 is 1.68 bits per heavy atom. The number of hydrogen-bond donors (Lipinski definition) is 3. The molecule has 0 amide bonds. The highest BCUT2D eigenvalue weighted by Crippen LogP contribution is 2.35. The molecule has 124 valence electrons. The lowest BCUT2D eigenvalue weighted by atomic mass is 9.74. The molecule has 0 saturated carbocycles. The van der Waals surface area contributed by atoms with Crippen LogP contribution in [0.2, 0.25) is 6.32 Å². The van der Waals surface area contributed by atoms with Crippen LogP contribution in [0.3, 0.4) is 0 Å². The molecular weight excluding hydrogens is 289 g/mol. The van der Waals surface area contributed by atoms with E-state index >= 15 is 0 Å². The second-order valence-electron chi connectivity index (χ2n) is 6.29. The largest absolute Gasteiger partial charge is 0.527 e. The normalized spacial score (nSPS) is 32.6. The fourth-order valence-corrected chi connectivity index (χ4v) is 3.13. The molecule has 5 N–H and O–H groups in total. The van der Waals surface area contributed by atoms with Gasteiger partial charge in [0.1, 0.15) is 5.54 Å². The van der Waals surface area contributed by atoms with Crippen LogP contribution in [0.25, 0.3) is 0 Å². The van der Waals surface area contributed by atoms with E-state index in [4.69, 9.17) is 20.8 Å². The Morgan fingerprint density at radius 2 is 2.36 bits per heavy atom. The first-order valence-corrected chi connectivity index (χ1v) is 7.60. The van der Waals surface area contributed by atoms with E-state index in [0.29, 0.717) is 25.9 Å². The molecule has 0 aromatic carbocycles. The molecule has 0 spiro atoms. The van der Waals surface area contributed by atoms with Gasteiger partial charge in [-0.1, -0.05) is 6.42 Å². The van der Waals surface area contributed by atoms with Crippen molar-refractivity contribution in [3.8, 4) is 0 Å². The molecular formula is C13H24BN3O5. The summed E-state index contributed by atoms with van der Waals surface area (Å²) in [6.45, 7) is 4.12. The molecule has 0 aromatic heterocycles. The van der Waals surface area contributed by atoms with Crippen LogP contribution in [0.4, 0.5) is 0 Å². The van der Waals surface area contributed by atoms with Gasteiger partial charge in [-0.05, 0) is 26.6 Å². The average Bonchev–Trinajstić information content (AvgIpc) is 2.76. The van der Waals surface area contributed by atoms with E-state index in [1.807, 2.05) is 6.92 Å². The third-order valence-corrected chi connectivity index (χ3v) is 4.68. The zero-order chi connectivity index (χ0) is 16.5. The lowest BCUT2D eigenvalue weighted by Crippen LogP contribution is -2.62. The highest BCUT2D eigenvalue weighted by Gasteiger charge is 2.56. The third-order valence-electron chi connectivity index (χ3n) is 4.68. The molecule has 3 atom stereocenters. The van der Waals surface area contributed by atoms with E-state index < -0.39 is 30.3 Å². The van der Waals surface area contributed by atoms with E-state index in [2.05, 4.69) is 0 Å². The van der Waals surface area contributed by atoms with Crippen molar-refractivity contribution in [1.82, 2.24) is 4.90 Å². The summed E-state index contributed by atoms with van der Waals surface area (Å²) >= 11 is 0. The third kappa shape index (κ3) is 2.98. The maximum atomic E-state index is 12.5. The standard InChI is InChI=1S/C13H24BN3O5/c1-3-21-14-6-4-5-9-7-17(12(2,15)10(18)19)8-13(9,16)11(20)22-14/h9H,3-8,15-16H2,1-2H3,(H,18,19)/t9-,12-,13-/m0/s1. The van der Waals surface area contributed by atoms with Crippen molar-refractivity contribution >= 4 is 19.1 Å². The van der Waals surface area contributed by atoms with E-state index in [1.165, 1.54) is 6.92 Å². The SMILES string of the molecule is CCOB1CCC[C@H]2CN([C@](C)(N)C(=O)O)C[C@@]2(N)C(=O)O1. The van der Waals surface area contributed by atoms with Crippen molar-refractivity contribution in [2.75, 3.05) is 19.7 Å². The van der Waals surface area contributed by atoms with Gasteiger partial charge in [-0.15, -0.1) is 0 Å². The summed E-state index contributed by atoms with van der Waals surface area (Å²) in [5, 5.41) is 9.26. The average molecular weight is 313 g/mol. The molecule has 2 fully saturated rings. The Kier molecular flexibility index (Phi) is 4.81. The highest BCUT2D eigenvalue weighted by atomic mass is 16.6. The molecule has 9 heteroatoms. The summed E-state index contributed by atoms with van der Waals surface area (Å²) in [6.07, 6.45) is 2.12. The number of hydrogen-bond acceptors (Lipinski definition) is 7. The lowest BCUT2D eigenvalue weighted by Gasteiger charge is -2.33. The van der Waals surface area contributed by atoms with Gasteiger partial charge in [-0.3, -0.25) is 9.69 Å². The van der Waals surface area contributed by atoms with Crippen LogP contribution in [0, 0.1) is 5.92 Å². The Bertz CT molecular complexity index is 461. The van der Waals surface area contributed by atoms with Crippen molar-refractivity contribution in [2.45, 2.75) is 44.2 Å². The molecule has 0 unspecified atom stereocenters.